The first kappa shape index (κ1) is 9.77. The van der Waals surface area contributed by atoms with Gasteiger partial charge < -0.3 is 9.47 Å². The quantitative estimate of drug-likeness (QED) is 0.703. The molecule has 1 unspecified atom stereocenters. The van der Waals surface area contributed by atoms with Crippen molar-refractivity contribution in [3.63, 3.8) is 0 Å². The minimum absolute atomic E-state index is 0.220. The molecule has 1 aromatic rings. The van der Waals surface area contributed by atoms with Crippen molar-refractivity contribution in [2.75, 3.05) is 6.61 Å². The van der Waals surface area contributed by atoms with E-state index in [2.05, 4.69) is 11.6 Å². The maximum atomic E-state index is 5.61. The monoisotopic (exact) mass is 203 g/mol. The Morgan fingerprint density at radius 1 is 1.47 bits per heavy atom. The lowest BCUT2D eigenvalue weighted by Gasteiger charge is -2.08. The van der Waals surface area contributed by atoms with Crippen LogP contribution in [0.5, 0.6) is 5.75 Å². The van der Waals surface area contributed by atoms with Gasteiger partial charge in [0.2, 0.25) is 6.23 Å². The van der Waals surface area contributed by atoms with Gasteiger partial charge in [-0.15, -0.1) is 6.58 Å². The molecule has 0 fully saturated rings. The van der Waals surface area contributed by atoms with E-state index in [0.717, 1.165) is 5.75 Å². The number of hydrogen-bond acceptors (Lipinski definition) is 3. The maximum absolute atomic E-state index is 5.61. The summed E-state index contributed by atoms with van der Waals surface area (Å²) in [5.74, 6) is 1.51. The Kier molecular flexibility index (Phi) is 3.02. The zero-order valence-corrected chi connectivity index (χ0v) is 8.43. The van der Waals surface area contributed by atoms with Crippen LogP contribution < -0.4 is 4.74 Å². The molecule has 0 bridgehead atoms. The fourth-order valence-electron chi connectivity index (χ4n) is 1.35. The molecule has 3 nitrogen and oxygen atoms in total. The molecule has 0 radical (unpaired) electrons. The van der Waals surface area contributed by atoms with Crippen molar-refractivity contribution in [1.82, 2.24) is 0 Å². The lowest BCUT2D eigenvalue weighted by atomic mass is 10.3. The largest absolute Gasteiger partial charge is 0.475 e. The number of nitrogens with zero attached hydrogens (tertiary/aromatic N) is 1. The SMILES string of the molecule is C=CCC1=NC(Oc2ccccc2)CO1. The van der Waals surface area contributed by atoms with Gasteiger partial charge in [-0.25, -0.2) is 4.99 Å². The van der Waals surface area contributed by atoms with E-state index in [1.165, 1.54) is 0 Å². The molecule has 0 aliphatic carbocycles. The predicted molar refractivity (Wildman–Crippen MR) is 59.1 cm³/mol. The van der Waals surface area contributed by atoms with E-state index in [1.54, 1.807) is 6.08 Å². The highest BCUT2D eigenvalue weighted by Crippen LogP contribution is 2.15. The average molecular weight is 203 g/mol. The normalized spacial score (nSPS) is 19.2. The summed E-state index contributed by atoms with van der Waals surface area (Å²) in [6.45, 7) is 4.12. The Morgan fingerprint density at radius 3 is 3.00 bits per heavy atom. The van der Waals surface area contributed by atoms with Crippen LogP contribution in [-0.4, -0.2) is 18.7 Å². The second-order valence-electron chi connectivity index (χ2n) is 3.21. The van der Waals surface area contributed by atoms with Gasteiger partial charge in [-0.3, -0.25) is 0 Å². The molecule has 1 aromatic carbocycles. The van der Waals surface area contributed by atoms with E-state index in [9.17, 15) is 0 Å². The Balaban J connectivity index is 1.95. The molecule has 15 heavy (non-hydrogen) atoms. The standard InChI is InChI=1S/C12H13NO2/c1-2-6-11-13-12(9-14-11)15-10-7-4-3-5-8-10/h2-5,7-8,12H,1,6,9H2. The van der Waals surface area contributed by atoms with Gasteiger partial charge in [0, 0.05) is 6.42 Å². The lowest BCUT2D eigenvalue weighted by molar-refractivity contribution is 0.160. The Morgan fingerprint density at radius 2 is 2.27 bits per heavy atom. The van der Waals surface area contributed by atoms with Gasteiger partial charge in [0.1, 0.15) is 12.4 Å². The fourth-order valence-corrected chi connectivity index (χ4v) is 1.35. The first-order valence-corrected chi connectivity index (χ1v) is 4.90. The van der Waals surface area contributed by atoms with Gasteiger partial charge in [-0.2, -0.15) is 0 Å². The van der Waals surface area contributed by atoms with Crippen molar-refractivity contribution in [3.8, 4) is 5.75 Å². The minimum Gasteiger partial charge on any atom is -0.475 e. The summed E-state index contributed by atoms with van der Waals surface area (Å²) in [6.07, 6.45) is 2.21. The van der Waals surface area contributed by atoms with Crippen LogP contribution >= 0.6 is 0 Å². The third-order valence-electron chi connectivity index (χ3n) is 2.01. The number of rotatable bonds is 4. The molecule has 0 N–H and O–H groups in total. The smallest absolute Gasteiger partial charge is 0.226 e. The van der Waals surface area contributed by atoms with E-state index >= 15 is 0 Å². The second-order valence-corrected chi connectivity index (χ2v) is 3.21. The van der Waals surface area contributed by atoms with Gasteiger partial charge in [0.05, 0.1) is 0 Å². The molecule has 0 aromatic heterocycles. The van der Waals surface area contributed by atoms with Crippen molar-refractivity contribution in [3.05, 3.63) is 43.0 Å². The van der Waals surface area contributed by atoms with Crippen molar-refractivity contribution in [1.29, 1.82) is 0 Å². The fraction of sp³-hybridized carbons (Fsp3) is 0.250. The van der Waals surface area contributed by atoms with Crippen LogP contribution in [0.4, 0.5) is 0 Å². The first-order chi connectivity index (χ1) is 7.38. The lowest BCUT2D eigenvalue weighted by Crippen LogP contribution is -2.14. The molecule has 3 heteroatoms. The van der Waals surface area contributed by atoms with E-state index < -0.39 is 0 Å². The summed E-state index contributed by atoms with van der Waals surface area (Å²) in [6, 6.07) is 9.62. The molecule has 0 spiro atoms. The van der Waals surface area contributed by atoms with E-state index in [-0.39, 0.29) is 6.23 Å². The topological polar surface area (TPSA) is 30.8 Å². The van der Waals surface area contributed by atoms with Crippen molar-refractivity contribution in [2.45, 2.75) is 12.6 Å². The summed E-state index contributed by atoms with van der Waals surface area (Å²) in [7, 11) is 0. The zero-order chi connectivity index (χ0) is 10.5. The maximum Gasteiger partial charge on any atom is 0.226 e. The molecule has 1 heterocycles. The number of ether oxygens (including phenoxy) is 2. The molecule has 0 saturated heterocycles. The summed E-state index contributed by atoms with van der Waals surface area (Å²) < 4.78 is 10.9. The molecular weight excluding hydrogens is 190 g/mol. The zero-order valence-electron chi connectivity index (χ0n) is 8.43. The van der Waals surface area contributed by atoms with E-state index in [0.29, 0.717) is 18.9 Å². The minimum atomic E-state index is -0.220. The summed E-state index contributed by atoms with van der Waals surface area (Å²) >= 11 is 0. The number of aliphatic imine (C=N–C) groups is 1. The van der Waals surface area contributed by atoms with Crippen molar-refractivity contribution in [2.24, 2.45) is 4.99 Å². The molecule has 0 amide bonds. The van der Waals surface area contributed by atoms with Gasteiger partial charge in [0.15, 0.2) is 5.90 Å². The first-order valence-electron chi connectivity index (χ1n) is 4.90. The number of para-hydroxylation sites is 1. The highest BCUT2D eigenvalue weighted by atomic mass is 16.6. The van der Waals surface area contributed by atoms with E-state index in [4.69, 9.17) is 9.47 Å². The van der Waals surface area contributed by atoms with Crippen LogP contribution in [-0.2, 0) is 4.74 Å². The molecule has 2 rings (SSSR count). The van der Waals surface area contributed by atoms with Crippen molar-refractivity contribution < 1.29 is 9.47 Å². The van der Waals surface area contributed by atoms with Crippen LogP contribution in [0.1, 0.15) is 6.42 Å². The third-order valence-corrected chi connectivity index (χ3v) is 2.01. The van der Waals surface area contributed by atoms with Gasteiger partial charge in [-0.05, 0) is 12.1 Å². The van der Waals surface area contributed by atoms with Gasteiger partial charge >= 0.3 is 0 Å². The van der Waals surface area contributed by atoms with Crippen LogP contribution in [0.3, 0.4) is 0 Å². The molecule has 0 saturated carbocycles. The molecule has 1 atom stereocenters. The summed E-state index contributed by atoms with van der Waals surface area (Å²) in [5.41, 5.74) is 0. The molecule has 78 valence electrons. The van der Waals surface area contributed by atoms with E-state index in [1.807, 2.05) is 30.3 Å². The van der Waals surface area contributed by atoms with Gasteiger partial charge in [-0.1, -0.05) is 24.3 Å². The highest BCUT2D eigenvalue weighted by Gasteiger charge is 2.18. The number of benzene rings is 1. The summed E-state index contributed by atoms with van der Waals surface area (Å²) in [5, 5.41) is 0. The van der Waals surface area contributed by atoms with Gasteiger partial charge in [0.25, 0.3) is 0 Å². The Hall–Kier alpha value is -1.77. The van der Waals surface area contributed by atoms with Crippen LogP contribution in [0.15, 0.2) is 48.0 Å². The predicted octanol–water partition coefficient (Wildman–Crippen LogP) is 2.40. The van der Waals surface area contributed by atoms with Crippen LogP contribution in [0, 0.1) is 0 Å². The second kappa shape index (κ2) is 4.64. The van der Waals surface area contributed by atoms with Crippen LogP contribution in [0.25, 0.3) is 0 Å². The molecule has 1 aliphatic rings. The summed E-state index contributed by atoms with van der Waals surface area (Å²) in [4.78, 5) is 4.27. The molecular formula is C12H13NO2. The highest BCUT2D eigenvalue weighted by molar-refractivity contribution is 5.78. The van der Waals surface area contributed by atoms with Crippen LogP contribution in [0.2, 0.25) is 0 Å². The molecule has 1 aliphatic heterocycles. The number of hydrogen-bond donors (Lipinski definition) is 0. The average Bonchev–Trinajstić information content (AvgIpc) is 2.68. The Bertz CT molecular complexity index is 359. The Labute approximate surface area is 89.0 Å². The van der Waals surface area contributed by atoms with Crippen molar-refractivity contribution >= 4 is 5.90 Å². The third kappa shape index (κ3) is 2.59.